The Balaban J connectivity index is 2.38. The number of rotatable bonds is 6. The molecule has 1 aromatic rings. The van der Waals surface area contributed by atoms with Crippen LogP contribution in [0.25, 0.3) is 0 Å². The van der Waals surface area contributed by atoms with Crippen LogP contribution in [0.2, 0.25) is 0 Å². The van der Waals surface area contributed by atoms with Gasteiger partial charge in [0, 0.05) is 12.8 Å². The summed E-state index contributed by atoms with van der Waals surface area (Å²) in [6.45, 7) is 4.35. The molecule has 1 heterocycles. The van der Waals surface area contributed by atoms with Gasteiger partial charge in [0.15, 0.2) is 0 Å². The number of hydrogen-bond donors (Lipinski definition) is 0. The van der Waals surface area contributed by atoms with E-state index in [1.54, 1.807) is 0 Å². The second kappa shape index (κ2) is 6.28. The Kier molecular flexibility index (Phi) is 5.31. The second-order valence-electron chi connectivity index (χ2n) is 3.65. The molecule has 0 spiro atoms. The molecule has 0 amide bonds. The third kappa shape index (κ3) is 3.49. The fourth-order valence-corrected chi connectivity index (χ4v) is 2.05. The molecule has 0 unspecified atom stereocenters. The molecule has 1 nitrogen and oxygen atoms in total. The number of aryl methyl sites for hydroxylation is 2. The first kappa shape index (κ1) is 11.8. The highest BCUT2D eigenvalue weighted by molar-refractivity contribution is 9.10. The lowest BCUT2D eigenvalue weighted by Crippen LogP contribution is -1.83. The molecule has 0 aromatic carbocycles. The standard InChI is InChI=1S/C12H19BrO/c1-3-5-6-7-8-12-11(13)9-10(4-2)14-12/h9H,3-8H2,1-2H3. The smallest absolute Gasteiger partial charge is 0.118 e. The van der Waals surface area contributed by atoms with Crippen molar-refractivity contribution in [3.05, 3.63) is 22.1 Å². The molecule has 0 aliphatic heterocycles. The van der Waals surface area contributed by atoms with Crippen molar-refractivity contribution in [3.8, 4) is 0 Å². The lowest BCUT2D eigenvalue weighted by molar-refractivity contribution is 0.458. The van der Waals surface area contributed by atoms with E-state index in [0.717, 1.165) is 28.8 Å². The van der Waals surface area contributed by atoms with Gasteiger partial charge in [-0.05, 0) is 28.4 Å². The van der Waals surface area contributed by atoms with Crippen molar-refractivity contribution in [2.24, 2.45) is 0 Å². The summed E-state index contributed by atoms with van der Waals surface area (Å²) >= 11 is 3.53. The zero-order valence-electron chi connectivity index (χ0n) is 9.11. The van der Waals surface area contributed by atoms with Gasteiger partial charge in [-0.3, -0.25) is 0 Å². The Morgan fingerprint density at radius 2 is 2.00 bits per heavy atom. The van der Waals surface area contributed by atoms with E-state index in [-0.39, 0.29) is 0 Å². The zero-order valence-corrected chi connectivity index (χ0v) is 10.7. The summed E-state index contributed by atoms with van der Waals surface area (Å²) in [5, 5.41) is 0. The van der Waals surface area contributed by atoms with Gasteiger partial charge in [0.05, 0.1) is 4.47 Å². The number of hydrogen-bond acceptors (Lipinski definition) is 1. The summed E-state index contributed by atoms with van der Waals surface area (Å²) in [5.41, 5.74) is 0. The quantitative estimate of drug-likeness (QED) is 0.673. The molecule has 14 heavy (non-hydrogen) atoms. The predicted molar refractivity (Wildman–Crippen MR) is 63.6 cm³/mol. The van der Waals surface area contributed by atoms with Crippen LogP contribution in [0.15, 0.2) is 15.0 Å². The van der Waals surface area contributed by atoms with Crippen LogP contribution in [0.4, 0.5) is 0 Å². The van der Waals surface area contributed by atoms with Gasteiger partial charge < -0.3 is 4.42 Å². The lowest BCUT2D eigenvalue weighted by Gasteiger charge is -1.97. The molecule has 0 bridgehead atoms. The average molecular weight is 259 g/mol. The van der Waals surface area contributed by atoms with Gasteiger partial charge in [0.1, 0.15) is 11.5 Å². The van der Waals surface area contributed by atoms with Crippen LogP contribution >= 0.6 is 15.9 Å². The largest absolute Gasteiger partial charge is 0.465 e. The van der Waals surface area contributed by atoms with Gasteiger partial charge in [-0.25, -0.2) is 0 Å². The monoisotopic (exact) mass is 258 g/mol. The average Bonchev–Trinajstić information content (AvgIpc) is 2.54. The van der Waals surface area contributed by atoms with E-state index in [2.05, 4.69) is 35.8 Å². The zero-order chi connectivity index (χ0) is 10.4. The molecule has 1 rings (SSSR count). The van der Waals surface area contributed by atoms with Crippen molar-refractivity contribution in [3.63, 3.8) is 0 Å². The molecule has 0 saturated carbocycles. The fourth-order valence-electron chi connectivity index (χ4n) is 1.52. The first-order valence-corrected chi connectivity index (χ1v) is 6.34. The van der Waals surface area contributed by atoms with E-state index in [4.69, 9.17) is 4.42 Å². The Morgan fingerprint density at radius 3 is 2.57 bits per heavy atom. The molecular weight excluding hydrogens is 240 g/mol. The third-order valence-electron chi connectivity index (χ3n) is 2.41. The SMILES string of the molecule is CCCCCCc1oc(CC)cc1Br. The van der Waals surface area contributed by atoms with Crippen molar-refractivity contribution < 1.29 is 4.42 Å². The molecule has 2 heteroatoms. The summed E-state index contributed by atoms with van der Waals surface area (Å²) in [4.78, 5) is 0. The molecule has 0 fully saturated rings. The molecule has 0 radical (unpaired) electrons. The Labute approximate surface area is 95.0 Å². The van der Waals surface area contributed by atoms with Crippen LogP contribution in [0.3, 0.4) is 0 Å². The van der Waals surface area contributed by atoms with Gasteiger partial charge in [0.25, 0.3) is 0 Å². The summed E-state index contributed by atoms with van der Waals surface area (Å²) in [5.74, 6) is 2.21. The highest BCUT2D eigenvalue weighted by Gasteiger charge is 2.06. The summed E-state index contributed by atoms with van der Waals surface area (Å²) in [6.07, 6.45) is 7.22. The minimum atomic E-state index is 0.980. The lowest BCUT2D eigenvalue weighted by atomic mass is 10.1. The fraction of sp³-hybridized carbons (Fsp3) is 0.667. The van der Waals surface area contributed by atoms with E-state index < -0.39 is 0 Å². The molecule has 0 N–H and O–H groups in total. The Morgan fingerprint density at radius 1 is 1.21 bits per heavy atom. The first-order chi connectivity index (χ1) is 6.77. The first-order valence-electron chi connectivity index (χ1n) is 5.55. The minimum absolute atomic E-state index is 0.980. The molecule has 80 valence electrons. The highest BCUT2D eigenvalue weighted by atomic mass is 79.9. The van der Waals surface area contributed by atoms with Crippen LogP contribution in [0.5, 0.6) is 0 Å². The van der Waals surface area contributed by atoms with E-state index in [1.807, 2.05) is 0 Å². The van der Waals surface area contributed by atoms with E-state index in [9.17, 15) is 0 Å². The maximum absolute atomic E-state index is 5.70. The van der Waals surface area contributed by atoms with E-state index >= 15 is 0 Å². The van der Waals surface area contributed by atoms with Crippen molar-refractivity contribution in [2.75, 3.05) is 0 Å². The normalized spacial score (nSPS) is 10.8. The van der Waals surface area contributed by atoms with Crippen LogP contribution in [-0.2, 0) is 12.8 Å². The number of unbranched alkanes of at least 4 members (excludes halogenated alkanes) is 3. The van der Waals surface area contributed by atoms with Crippen LogP contribution in [0.1, 0.15) is 51.1 Å². The maximum atomic E-state index is 5.70. The number of furan rings is 1. The summed E-state index contributed by atoms with van der Waals surface area (Å²) in [7, 11) is 0. The predicted octanol–water partition coefficient (Wildman–Crippen LogP) is 4.73. The van der Waals surface area contributed by atoms with E-state index in [0.29, 0.717) is 0 Å². The van der Waals surface area contributed by atoms with E-state index in [1.165, 1.54) is 25.7 Å². The Hall–Kier alpha value is -0.240. The highest BCUT2D eigenvalue weighted by Crippen LogP contribution is 2.23. The molecule has 1 aromatic heterocycles. The van der Waals surface area contributed by atoms with Crippen molar-refractivity contribution in [2.45, 2.75) is 52.4 Å². The van der Waals surface area contributed by atoms with Gasteiger partial charge in [-0.1, -0.05) is 33.1 Å². The summed E-state index contributed by atoms with van der Waals surface area (Å²) < 4.78 is 6.84. The molecule has 0 saturated heterocycles. The topological polar surface area (TPSA) is 13.1 Å². The summed E-state index contributed by atoms with van der Waals surface area (Å²) in [6, 6.07) is 2.09. The third-order valence-corrected chi connectivity index (χ3v) is 3.09. The van der Waals surface area contributed by atoms with Crippen LogP contribution < -0.4 is 0 Å². The maximum Gasteiger partial charge on any atom is 0.118 e. The second-order valence-corrected chi connectivity index (χ2v) is 4.50. The molecule has 0 aliphatic carbocycles. The van der Waals surface area contributed by atoms with Crippen molar-refractivity contribution in [1.82, 2.24) is 0 Å². The number of halogens is 1. The Bertz CT molecular complexity index is 265. The molecule has 0 atom stereocenters. The molecular formula is C12H19BrO. The van der Waals surface area contributed by atoms with Gasteiger partial charge in [-0.15, -0.1) is 0 Å². The minimum Gasteiger partial charge on any atom is -0.465 e. The van der Waals surface area contributed by atoms with Gasteiger partial charge in [0.2, 0.25) is 0 Å². The van der Waals surface area contributed by atoms with Gasteiger partial charge >= 0.3 is 0 Å². The van der Waals surface area contributed by atoms with Crippen molar-refractivity contribution >= 4 is 15.9 Å². The molecule has 0 aliphatic rings. The van der Waals surface area contributed by atoms with Crippen LogP contribution in [0, 0.1) is 0 Å². The van der Waals surface area contributed by atoms with Crippen molar-refractivity contribution in [1.29, 1.82) is 0 Å². The van der Waals surface area contributed by atoms with Crippen LogP contribution in [-0.4, -0.2) is 0 Å². The van der Waals surface area contributed by atoms with Gasteiger partial charge in [-0.2, -0.15) is 0 Å².